The Morgan fingerprint density at radius 3 is 2.20 bits per heavy atom. The first-order valence-corrected chi connectivity index (χ1v) is 8.79. The standard InChI is InChI=1S/C20H24N2O3/c1-3-17(16-7-5-4-6-8-16)19(23)21-11-13-22(14-12-21)20(24)18-10-9-15(2)25-18/h4-10,17H,3,11-14H2,1-2H3/t17-/m1/s1. The first-order chi connectivity index (χ1) is 12.1. The predicted molar refractivity (Wildman–Crippen MR) is 95.4 cm³/mol. The molecule has 1 aliphatic heterocycles. The maximum atomic E-state index is 12.9. The molecule has 1 saturated heterocycles. The lowest BCUT2D eigenvalue weighted by Gasteiger charge is -2.36. The van der Waals surface area contributed by atoms with E-state index >= 15 is 0 Å². The number of amides is 2. The van der Waals surface area contributed by atoms with Gasteiger partial charge >= 0.3 is 0 Å². The number of hydrogen-bond donors (Lipinski definition) is 0. The fraction of sp³-hybridized carbons (Fsp3) is 0.400. The second kappa shape index (κ2) is 7.55. The van der Waals surface area contributed by atoms with Crippen LogP contribution in [0.5, 0.6) is 0 Å². The van der Waals surface area contributed by atoms with Gasteiger partial charge in [-0.2, -0.15) is 0 Å². The highest BCUT2D eigenvalue weighted by atomic mass is 16.3. The van der Waals surface area contributed by atoms with Crippen LogP contribution >= 0.6 is 0 Å². The van der Waals surface area contributed by atoms with Crippen LogP contribution < -0.4 is 0 Å². The fourth-order valence-electron chi connectivity index (χ4n) is 3.29. The summed E-state index contributed by atoms with van der Waals surface area (Å²) in [6.45, 7) is 6.06. The van der Waals surface area contributed by atoms with Crippen molar-refractivity contribution < 1.29 is 14.0 Å². The third kappa shape index (κ3) is 3.76. The first-order valence-electron chi connectivity index (χ1n) is 8.79. The minimum absolute atomic E-state index is 0.102. The maximum Gasteiger partial charge on any atom is 0.289 e. The quantitative estimate of drug-likeness (QED) is 0.859. The van der Waals surface area contributed by atoms with Crippen molar-refractivity contribution in [3.63, 3.8) is 0 Å². The third-order valence-corrected chi connectivity index (χ3v) is 4.74. The number of piperazine rings is 1. The van der Waals surface area contributed by atoms with E-state index in [1.54, 1.807) is 17.0 Å². The third-order valence-electron chi connectivity index (χ3n) is 4.74. The van der Waals surface area contributed by atoms with E-state index < -0.39 is 0 Å². The number of rotatable bonds is 4. The van der Waals surface area contributed by atoms with Crippen LogP contribution in [0, 0.1) is 6.92 Å². The molecule has 25 heavy (non-hydrogen) atoms. The highest BCUT2D eigenvalue weighted by Crippen LogP contribution is 2.23. The molecule has 1 atom stereocenters. The van der Waals surface area contributed by atoms with E-state index in [4.69, 9.17) is 4.42 Å². The number of carbonyl (C=O) groups is 2. The molecule has 0 unspecified atom stereocenters. The van der Waals surface area contributed by atoms with Gasteiger partial charge in [-0.05, 0) is 31.0 Å². The van der Waals surface area contributed by atoms with Crippen LogP contribution in [-0.2, 0) is 4.79 Å². The van der Waals surface area contributed by atoms with Crippen molar-refractivity contribution >= 4 is 11.8 Å². The lowest BCUT2D eigenvalue weighted by molar-refractivity contribution is -0.134. The smallest absolute Gasteiger partial charge is 0.289 e. The van der Waals surface area contributed by atoms with Gasteiger partial charge in [0.15, 0.2) is 5.76 Å². The van der Waals surface area contributed by atoms with Crippen molar-refractivity contribution in [1.82, 2.24) is 9.80 Å². The van der Waals surface area contributed by atoms with E-state index in [1.807, 2.05) is 49.1 Å². The molecule has 1 fully saturated rings. The van der Waals surface area contributed by atoms with Gasteiger partial charge < -0.3 is 14.2 Å². The summed E-state index contributed by atoms with van der Waals surface area (Å²) >= 11 is 0. The van der Waals surface area contributed by atoms with Crippen molar-refractivity contribution in [3.05, 3.63) is 59.5 Å². The zero-order valence-corrected chi connectivity index (χ0v) is 14.8. The van der Waals surface area contributed by atoms with Crippen LogP contribution in [0.15, 0.2) is 46.9 Å². The molecule has 0 aliphatic carbocycles. The van der Waals surface area contributed by atoms with Crippen molar-refractivity contribution in [3.8, 4) is 0 Å². The van der Waals surface area contributed by atoms with E-state index in [0.717, 1.165) is 17.7 Å². The highest BCUT2D eigenvalue weighted by Gasteiger charge is 2.29. The van der Waals surface area contributed by atoms with Crippen LogP contribution in [-0.4, -0.2) is 47.8 Å². The lowest BCUT2D eigenvalue weighted by Crippen LogP contribution is -2.51. The Morgan fingerprint density at radius 2 is 1.64 bits per heavy atom. The van der Waals surface area contributed by atoms with Crippen molar-refractivity contribution in [1.29, 1.82) is 0 Å². The Bertz CT molecular complexity index is 730. The predicted octanol–water partition coefficient (Wildman–Crippen LogP) is 3.07. The first kappa shape index (κ1) is 17.3. The lowest BCUT2D eigenvalue weighted by atomic mass is 9.95. The molecule has 5 nitrogen and oxygen atoms in total. The van der Waals surface area contributed by atoms with Gasteiger partial charge in [-0.1, -0.05) is 37.3 Å². The number of furan rings is 1. The van der Waals surface area contributed by atoms with Crippen LogP contribution in [0.3, 0.4) is 0 Å². The SMILES string of the molecule is CC[C@@H](C(=O)N1CCN(C(=O)c2ccc(C)o2)CC1)c1ccccc1. The number of benzene rings is 1. The Kier molecular flexibility index (Phi) is 5.22. The molecule has 1 aromatic carbocycles. The maximum absolute atomic E-state index is 12.9. The van der Waals surface area contributed by atoms with Gasteiger partial charge in [-0.15, -0.1) is 0 Å². The molecular formula is C20H24N2O3. The minimum Gasteiger partial charge on any atom is -0.456 e. The monoisotopic (exact) mass is 340 g/mol. The molecule has 132 valence electrons. The molecule has 0 spiro atoms. The van der Waals surface area contributed by atoms with Crippen molar-refractivity contribution in [2.75, 3.05) is 26.2 Å². The largest absolute Gasteiger partial charge is 0.456 e. The van der Waals surface area contributed by atoms with Gasteiger partial charge in [-0.25, -0.2) is 0 Å². The zero-order valence-electron chi connectivity index (χ0n) is 14.8. The summed E-state index contributed by atoms with van der Waals surface area (Å²) in [5.41, 5.74) is 1.06. The average molecular weight is 340 g/mol. The molecule has 3 rings (SSSR count). The van der Waals surface area contributed by atoms with Crippen LogP contribution in [0.1, 0.15) is 41.1 Å². The molecule has 2 aromatic rings. The fourth-order valence-corrected chi connectivity index (χ4v) is 3.29. The Labute approximate surface area is 148 Å². The topological polar surface area (TPSA) is 53.8 Å². The van der Waals surface area contributed by atoms with Crippen LogP contribution in [0.2, 0.25) is 0 Å². The van der Waals surface area contributed by atoms with Crippen molar-refractivity contribution in [2.45, 2.75) is 26.2 Å². The van der Waals surface area contributed by atoms with Crippen LogP contribution in [0.4, 0.5) is 0 Å². The van der Waals surface area contributed by atoms with Gasteiger partial charge in [0, 0.05) is 26.2 Å². The number of carbonyl (C=O) groups excluding carboxylic acids is 2. The molecule has 5 heteroatoms. The van der Waals surface area contributed by atoms with E-state index in [-0.39, 0.29) is 17.7 Å². The van der Waals surface area contributed by atoms with Gasteiger partial charge in [-0.3, -0.25) is 9.59 Å². The van der Waals surface area contributed by atoms with Gasteiger partial charge in [0.05, 0.1) is 5.92 Å². The molecule has 0 radical (unpaired) electrons. The molecular weight excluding hydrogens is 316 g/mol. The summed E-state index contributed by atoms with van der Waals surface area (Å²) < 4.78 is 5.41. The number of aryl methyl sites for hydroxylation is 1. The van der Waals surface area contributed by atoms with Gasteiger partial charge in [0.1, 0.15) is 5.76 Å². The van der Waals surface area contributed by atoms with Crippen LogP contribution in [0.25, 0.3) is 0 Å². The molecule has 1 aliphatic rings. The summed E-state index contributed by atoms with van der Waals surface area (Å²) in [5.74, 6) is 1.03. The van der Waals surface area contributed by atoms with Crippen molar-refractivity contribution in [2.24, 2.45) is 0 Å². The molecule has 1 aromatic heterocycles. The summed E-state index contributed by atoms with van der Waals surface area (Å²) in [4.78, 5) is 28.9. The Morgan fingerprint density at radius 1 is 1.00 bits per heavy atom. The van der Waals surface area contributed by atoms with E-state index in [2.05, 4.69) is 0 Å². The summed E-state index contributed by atoms with van der Waals surface area (Å²) in [7, 11) is 0. The summed E-state index contributed by atoms with van der Waals surface area (Å²) in [5, 5.41) is 0. The average Bonchev–Trinajstić information content (AvgIpc) is 3.09. The minimum atomic E-state index is -0.115. The van der Waals surface area contributed by atoms with E-state index in [0.29, 0.717) is 31.9 Å². The summed E-state index contributed by atoms with van der Waals surface area (Å²) in [6, 6.07) is 13.4. The Balaban J connectivity index is 1.61. The zero-order chi connectivity index (χ0) is 17.8. The molecule has 2 amide bonds. The number of nitrogens with zero attached hydrogens (tertiary/aromatic N) is 2. The normalized spacial score (nSPS) is 15.9. The van der Waals surface area contributed by atoms with Gasteiger partial charge in [0.2, 0.25) is 5.91 Å². The van der Waals surface area contributed by atoms with Gasteiger partial charge in [0.25, 0.3) is 5.91 Å². The highest BCUT2D eigenvalue weighted by molar-refractivity contribution is 5.92. The second-order valence-electron chi connectivity index (χ2n) is 6.40. The molecule has 0 N–H and O–H groups in total. The molecule has 0 bridgehead atoms. The second-order valence-corrected chi connectivity index (χ2v) is 6.40. The van der Waals surface area contributed by atoms with E-state index in [9.17, 15) is 9.59 Å². The molecule has 2 heterocycles. The van der Waals surface area contributed by atoms with E-state index in [1.165, 1.54) is 0 Å². The number of hydrogen-bond acceptors (Lipinski definition) is 3. The molecule has 0 saturated carbocycles. The summed E-state index contributed by atoms with van der Waals surface area (Å²) in [6.07, 6.45) is 0.771. The Hall–Kier alpha value is -2.56.